The molecule has 0 aliphatic carbocycles. The third kappa shape index (κ3) is 4.05. The summed E-state index contributed by atoms with van der Waals surface area (Å²) in [5, 5.41) is 9.89. The number of rotatable bonds is 4. The molecule has 1 amide bonds. The summed E-state index contributed by atoms with van der Waals surface area (Å²) in [6.45, 7) is 2.39. The van der Waals surface area contributed by atoms with Gasteiger partial charge in [-0.3, -0.25) is 9.59 Å². The van der Waals surface area contributed by atoms with Gasteiger partial charge in [-0.1, -0.05) is 23.2 Å². The minimum Gasteiger partial charge on any atom is -0.481 e. The van der Waals surface area contributed by atoms with Crippen LogP contribution in [-0.4, -0.2) is 41.1 Å². The summed E-state index contributed by atoms with van der Waals surface area (Å²) in [5.74, 6) is -1.24. The molecule has 1 aliphatic rings. The van der Waals surface area contributed by atoms with Gasteiger partial charge in [-0.05, 0) is 38.0 Å². The van der Waals surface area contributed by atoms with Crippen molar-refractivity contribution in [2.45, 2.75) is 25.9 Å². The number of hydrogen-bond donors (Lipinski definition) is 1. The van der Waals surface area contributed by atoms with E-state index in [-0.39, 0.29) is 12.5 Å². The summed E-state index contributed by atoms with van der Waals surface area (Å²) >= 11 is 11.8. The predicted molar refractivity (Wildman–Crippen MR) is 83.5 cm³/mol. The molecule has 1 aromatic rings. The topological polar surface area (TPSA) is 66.8 Å². The highest BCUT2D eigenvalue weighted by Crippen LogP contribution is 2.28. The molecular weight excluding hydrogens is 329 g/mol. The van der Waals surface area contributed by atoms with Crippen molar-refractivity contribution < 1.29 is 19.4 Å². The number of carboxylic acid groups (broad SMARTS) is 1. The normalized spacial score (nSPS) is 19.6. The number of carbonyl (C=O) groups excluding carboxylic acids is 1. The average molecular weight is 346 g/mol. The number of amides is 1. The fourth-order valence-corrected chi connectivity index (χ4v) is 2.90. The molecule has 1 saturated heterocycles. The smallest absolute Gasteiger partial charge is 0.308 e. The number of nitrogens with zero attached hydrogens (tertiary/aromatic N) is 1. The van der Waals surface area contributed by atoms with Crippen molar-refractivity contribution in [3.05, 3.63) is 28.2 Å². The second-order valence-electron chi connectivity index (χ2n) is 5.30. The molecule has 1 aromatic carbocycles. The number of likely N-dealkylation sites (tertiary alicyclic amines) is 1. The highest BCUT2D eigenvalue weighted by molar-refractivity contribution is 6.35. The maximum Gasteiger partial charge on any atom is 0.308 e. The molecule has 0 unspecified atom stereocenters. The summed E-state index contributed by atoms with van der Waals surface area (Å²) in [5.41, 5.74) is 0. The van der Waals surface area contributed by atoms with Crippen LogP contribution in [0.15, 0.2) is 18.2 Å². The standard InChI is InChI=1S/C15H17Cl2NO4/c1-9(22-13-5-4-11(16)7-12(13)17)14(19)18-6-2-3-10(8-18)15(20)21/h4-5,7,9-10H,2-3,6,8H2,1H3,(H,20,21)/t9-,10+/m1/s1. The molecule has 0 aromatic heterocycles. The highest BCUT2D eigenvalue weighted by Gasteiger charge is 2.31. The van der Waals surface area contributed by atoms with Crippen molar-refractivity contribution in [3.63, 3.8) is 0 Å². The van der Waals surface area contributed by atoms with Crippen molar-refractivity contribution in [1.82, 2.24) is 4.90 Å². The van der Waals surface area contributed by atoms with E-state index in [0.29, 0.717) is 35.2 Å². The van der Waals surface area contributed by atoms with Crippen LogP contribution in [0.1, 0.15) is 19.8 Å². The number of aliphatic carboxylic acids is 1. The number of carbonyl (C=O) groups is 2. The summed E-state index contributed by atoms with van der Waals surface area (Å²) in [6.07, 6.45) is 0.528. The van der Waals surface area contributed by atoms with E-state index >= 15 is 0 Å². The van der Waals surface area contributed by atoms with Gasteiger partial charge >= 0.3 is 5.97 Å². The molecule has 2 rings (SSSR count). The Labute approximate surface area is 138 Å². The zero-order chi connectivity index (χ0) is 16.3. The summed E-state index contributed by atoms with van der Waals surface area (Å²) in [4.78, 5) is 25.0. The Bertz CT molecular complexity index is 579. The Balaban J connectivity index is 2.01. The van der Waals surface area contributed by atoms with E-state index in [1.807, 2.05) is 0 Å². The summed E-state index contributed by atoms with van der Waals surface area (Å²) in [7, 11) is 0. The Kier molecular flexibility index (Phi) is 5.53. The molecule has 7 heteroatoms. The zero-order valence-corrected chi connectivity index (χ0v) is 13.6. The van der Waals surface area contributed by atoms with Crippen LogP contribution in [0.3, 0.4) is 0 Å². The van der Waals surface area contributed by atoms with Gasteiger partial charge < -0.3 is 14.7 Å². The predicted octanol–water partition coefficient (Wildman–Crippen LogP) is 3.08. The van der Waals surface area contributed by atoms with Gasteiger partial charge in [0.15, 0.2) is 6.10 Å². The monoisotopic (exact) mass is 345 g/mol. The minimum atomic E-state index is -0.869. The maximum absolute atomic E-state index is 12.4. The first-order valence-electron chi connectivity index (χ1n) is 7.01. The summed E-state index contributed by atoms with van der Waals surface area (Å²) < 4.78 is 5.58. The molecule has 1 N–H and O–H groups in total. The lowest BCUT2D eigenvalue weighted by Gasteiger charge is -2.32. The van der Waals surface area contributed by atoms with Crippen LogP contribution in [0.4, 0.5) is 0 Å². The lowest BCUT2D eigenvalue weighted by molar-refractivity contribution is -0.147. The van der Waals surface area contributed by atoms with E-state index < -0.39 is 18.0 Å². The van der Waals surface area contributed by atoms with Gasteiger partial charge in [0.05, 0.1) is 10.9 Å². The van der Waals surface area contributed by atoms with Crippen LogP contribution >= 0.6 is 23.2 Å². The molecule has 5 nitrogen and oxygen atoms in total. The van der Waals surface area contributed by atoms with E-state index in [1.165, 1.54) is 11.0 Å². The Morgan fingerprint density at radius 1 is 1.41 bits per heavy atom. The number of ether oxygens (including phenoxy) is 1. The van der Waals surface area contributed by atoms with E-state index in [2.05, 4.69) is 0 Å². The van der Waals surface area contributed by atoms with Gasteiger partial charge in [-0.15, -0.1) is 0 Å². The molecule has 0 spiro atoms. The van der Waals surface area contributed by atoms with Crippen molar-refractivity contribution in [2.75, 3.05) is 13.1 Å². The molecule has 0 bridgehead atoms. The van der Waals surface area contributed by atoms with Gasteiger partial charge in [0, 0.05) is 18.1 Å². The highest BCUT2D eigenvalue weighted by atomic mass is 35.5. The SMILES string of the molecule is C[C@@H](Oc1ccc(Cl)cc1Cl)C(=O)N1CCC[C@H](C(=O)O)C1. The molecule has 22 heavy (non-hydrogen) atoms. The van der Waals surface area contributed by atoms with Gasteiger partial charge in [0.25, 0.3) is 5.91 Å². The fraction of sp³-hybridized carbons (Fsp3) is 0.467. The minimum absolute atomic E-state index is 0.218. The van der Waals surface area contributed by atoms with Crippen LogP contribution in [0, 0.1) is 5.92 Å². The number of hydrogen-bond acceptors (Lipinski definition) is 3. The third-order valence-corrected chi connectivity index (χ3v) is 4.16. The van der Waals surface area contributed by atoms with Crippen LogP contribution < -0.4 is 4.74 Å². The molecule has 0 saturated carbocycles. The summed E-state index contributed by atoms with van der Waals surface area (Å²) in [6, 6.07) is 4.77. The van der Waals surface area contributed by atoms with Crippen LogP contribution in [0.25, 0.3) is 0 Å². The first-order valence-corrected chi connectivity index (χ1v) is 7.77. The molecule has 120 valence electrons. The van der Waals surface area contributed by atoms with Crippen molar-refractivity contribution in [2.24, 2.45) is 5.92 Å². The van der Waals surface area contributed by atoms with Crippen LogP contribution in [0.2, 0.25) is 10.0 Å². The quantitative estimate of drug-likeness (QED) is 0.910. The largest absolute Gasteiger partial charge is 0.481 e. The van der Waals surface area contributed by atoms with E-state index in [0.717, 1.165) is 0 Å². The van der Waals surface area contributed by atoms with E-state index in [9.17, 15) is 9.59 Å². The van der Waals surface area contributed by atoms with Gasteiger partial charge in [0.1, 0.15) is 5.75 Å². The van der Waals surface area contributed by atoms with E-state index in [1.54, 1.807) is 19.1 Å². The molecule has 1 fully saturated rings. The van der Waals surface area contributed by atoms with Crippen molar-refractivity contribution in [1.29, 1.82) is 0 Å². The average Bonchev–Trinajstić information content (AvgIpc) is 2.49. The second-order valence-corrected chi connectivity index (χ2v) is 6.14. The maximum atomic E-state index is 12.4. The van der Waals surface area contributed by atoms with Gasteiger partial charge in [-0.2, -0.15) is 0 Å². The van der Waals surface area contributed by atoms with Crippen molar-refractivity contribution >= 4 is 35.1 Å². The lowest BCUT2D eigenvalue weighted by Crippen LogP contribution is -2.47. The van der Waals surface area contributed by atoms with E-state index in [4.69, 9.17) is 33.0 Å². The number of piperidine rings is 1. The first-order chi connectivity index (χ1) is 10.4. The molecule has 2 atom stereocenters. The van der Waals surface area contributed by atoms with Gasteiger partial charge in [0.2, 0.25) is 0 Å². The molecule has 1 aliphatic heterocycles. The zero-order valence-electron chi connectivity index (χ0n) is 12.1. The molecule has 1 heterocycles. The lowest BCUT2D eigenvalue weighted by atomic mass is 9.98. The van der Waals surface area contributed by atoms with Crippen LogP contribution in [-0.2, 0) is 9.59 Å². The third-order valence-electron chi connectivity index (χ3n) is 3.63. The number of carboxylic acids is 1. The number of benzene rings is 1. The first kappa shape index (κ1) is 16.9. The van der Waals surface area contributed by atoms with Gasteiger partial charge in [-0.25, -0.2) is 0 Å². The Morgan fingerprint density at radius 2 is 2.14 bits per heavy atom. The fourth-order valence-electron chi connectivity index (χ4n) is 2.45. The molecular formula is C15H17Cl2NO4. The van der Waals surface area contributed by atoms with Crippen LogP contribution in [0.5, 0.6) is 5.75 Å². The Hall–Kier alpha value is -1.46. The van der Waals surface area contributed by atoms with Crippen molar-refractivity contribution in [3.8, 4) is 5.75 Å². The second kappa shape index (κ2) is 7.20. The Morgan fingerprint density at radius 3 is 2.77 bits per heavy atom. The number of halogens is 2. The molecule has 0 radical (unpaired) electrons.